The number of hydrogen-bond acceptors (Lipinski definition) is 1. The zero-order chi connectivity index (χ0) is 12.5. The largest absolute Gasteiger partial charge is 0.314 e. The van der Waals surface area contributed by atoms with Crippen LogP contribution >= 0.6 is 0 Å². The average molecular weight is 237 g/mol. The van der Waals surface area contributed by atoms with Crippen molar-refractivity contribution in [3.05, 3.63) is 11.6 Å². The van der Waals surface area contributed by atoms with Gasteiger partial charge in [-0.1, -0.05) is 57.6 Å². The van der Waals surface area contributed by atoms with Crippen molar-refractivity contribution < 1.29 is 0 Å². The molecule has 1 rings (SSSR count). The van der Waals surface area contributed by atoms with Gasteiger partial charge in [-0.15, -0.1) is 0 Å². The Balaban J connectivity index is 2.06. The second kappa shape index (κ2) is 8.74. The fraction of sp³-hybridized carbons (Fsp3) is 0.875. The molecule has 0 amide bonds. The number of rotatable bonds is 7. The standard InChI is InChI=1S/C16H31N/c1-14(2)17-13-7-8-15(3)11-12-16-9-5-4-6-10-16/h8,14,16-17H,4-7,9-13H2,1-3H3/b15-8-. The quantitative estimate of drug-likeness (QED) is 0.501. The Morgan fingerprint density at radius 1 is 1.24 bits per heavy atom. The SMILES string of the molecule is C/C(=C/CCNC(C)C)CCC1CCCCC1. The summed E-state index contributed by atoms with van der Waals surface area (Å²) in [5.41, 5.74) is 1.60. The van der Waals surface area contributed by atoms with Crippen molar-refractivity contribution in [2.24, 2.45) is 5.92 Å². The van der Waals surface area contributed by atoms with Crippen LogP contribution in [0.25, 0.3) is 0 Å². The summed E-state index contributed by atoms with van der Waals surface area (Å²) in [6.07, 6.45) is 13.8. The molecule has 1 aliphatic carbocycles. The first kappa shape index (κ1) is 14.8. The Labute approximate surface area is 108 Å². The lowest BCUT2D eigenvalue weighted by atomic mass is 9.85. The summed E-state index contributed by atoms with van der Waals surface area (Å²) < 4.78 is 0. The Morgan fingerprint density at radius 3 is 2.59 bits per heavy atom. The topological polar surface area (TPSA) is 12.0 Å². The van der Waals surface area contributed by atoms with E-state index in [-0.39, 0.29) is 0 Å². The summed E-state index contributed by atoms with van der Waals surface area (Å²) >= 11 is 0. The van der Waals surface area contributed by atoms with Gasteiger partial charge in [-0.25, -0.2) is 0 Å². The van der Waals surface area contributed by atoms with Gasteiger partial charge in [-0.3, -0.25) is 0 Å². The van der Waals surface area contributed by atoms with Crippen molar-refractivity contribution >= 4 is 0 Å². The van der Waals surface area contributed by atoms with Crippen molar-refractivity contribution in [1.82, 2.24) is 5.32 Å². The highest BCUT2D eigenvalue weighted by atomic mass is 14.9. The van der Waals surface area contributed by atoms with Crippen LogP contribution in [0.5, 0.6) is 0 Å². The summed E-state index contributed by atoms with van der Waals surface area (Å²) in [4.78, 5) is 0. The van der Waals surface area contributed by atoms with Gasteiger partial charge in [0, 0.05) is 6.04 Å². The third-order valence-electron chi connectivity index (χ3n) is 3.86. The molecule has 1 N–H and O–H groups in total. The minimum absolute atomic E-state index is 0.617. The molecule has 1 fully saturated rings. The molecule has 0 unspecified atom stereocenters. The number of nitrogens with one attached hydrogen (secondary N) is 1. The first-order chi connectivity index (χ1) is 8.18. The predicted molar refractivity (Wildman–Crippen MR) is 77.3 cm³/mol. The zero-order valence-corrected chi connectivity index (χ0v) is 12.1. The minimum Gasteiger partial charge on any atom is -0.314 e. The van der Waals surface area contributed by atoms with Crippen LogP contribution in [-0.4, -0.2) is 12.6 Å². The van der Waals surface area contributed by atoms with Crippen LogP contribution in [0.3, 0.4) is 0 Å². The van der Waals surface area contributed by atoms with Crippen molar-refractivity contribution in [3.63, 3.8) is 0 Å². The summed E-state index contributed by atoms with van der Waals surface area (Å²) in [6, 6.07) is 0.617. The summed E-state index contributed by atoms with van der Waals surface area (Å²) in [6.45, 7) is 7.84. The van der Waals surface area contributed by atoms with Gasteiger partial charge in [-0.05, 0) is 38.6 Å². The number of hydrogen-bond donors (Lipinski definition) is 1. The van der Waals surface area contributed by atoms with E-state index in [2.05, 4.69) is 32.2 Å². The van der Waals surface area contributed by atoms with Crippen molar-refractivity contribution in [2.45, 2.75) is 78.2 Å². The van der Waals surface area contributed by atoms with Gasteiger partial charge in [0.1, 0.15) is 0 Å². The molecule has 0 saturated heterocycles. The van der Waals surface area contributed by atoms with Crippen LogP contribution < -0.4 is 5.32 Å². The molecule has 1 heteroatoms. The minimum atomic E-state index is 0.617. The monoisotopic (exact) mass is 237 g/mol. The van der Waals surface area contributed by atoms with Gasteiger partial charge in [0.25, 0.3) is 0 Å². The number of allylic oxidation sites excluding steroid dienone is 1. The van der Waals surface area contributed by atoms with Crippen LogP contribution in [-0.2, 0) is 0 Å². The Morgan fingerprint density at radius 2 is 1.94 bits per heavy atom. The lowest BCUT2D eigenvalue weighted by Gasteiger charge is -2.21. The summed E-state index contributed by atoms with van der Waals surface area (Å²) in [5.74, 6) is 1.03. The molecule has 0 bridgehead atoms. The van der Waals surface area contributed by atoms with E-state index in [1.54, 1.807) is 5.57 Å². The maximum atomic E-state index is 3.46. The van der Waals surface area contributed by atoms with Gasteiger partial charge < -0.3 is 5.32 Å². The van der Waals surface area contributed by atoms with Gasteiger partial charge in [0.15, 0.2) is 0 Å². The summed E-state index contributed by atoms with van der Waals surface area (Å²) in [7, 11) is 0. The van der Waals surface area contributed by atoms with Gasteiger partial charge in [0.2, 0.25) is 0 Å². The second-order valence-electron chi connectivity index (χ2n) is 5.99. The van der Waals surface area contributed by atoms with Crippen molar-refractivity contribution in [1.29, 1.82) is 0 Å². The van der Waals surface area contributed by atoms with E-state index in [9.17, 15) is 0 Å². The van der Waals surface area contributed by atoms with Crippen molar-refractivity contribution in [2.75, 3.05) is 6.54 Å². The lowest BCUT2D eigenvalue weighted by Crippen LogP contribution is -2.23. The van der Waals surface area contributed by atoms with E-state index in [0.29, 0.717) is 6.04 Å². The Hall–Kier alpha value is -0.300. The lowest BCUT2D eigenvalue weighted by molar-refractivity contribution is 0.339. The Kier molecular flexibility index (Phi) is 7.59. The molecule has 17 heavy (non-hydrogen) atoms. The molecule has 0 spiro atoms. The molecule has 0 atom stereocenters. The van der Waals surface area contributed by atoms with E-state index in [1.165, 1.54) is 51.4 Å². The third-order valence-corrected chi connectivity index (χ3v) is 3.86. The first-order valence-electron chi connectivity index (χ1n) is 7.57. The van der Waals surface area contributed by atoms with E-state index >= 15 is 0 Å². The summed E-state index contributed by atoms with van der Waals surface area (Å²) in [5, 5.41) is 3.46. The molecule has 0 heterocycles. The molecule has 0 radical (unpaired) electrons. The Bertz CT molecular complexity index is 212. The molecule has 1 aliphatic rings. The molecule has 1 nitrogen and oxygen atoms in total. The fourth-order valence-electron chi connectivity index (χ4n) is 2.70. The molecule has 0 aromatic rings. The van der Waals surface area contributed by atoms with Crippen LogP contribution in [0.2, 0.25) is 0 Å². The zero-order valence-electron chi connectivity index (χ0n) is 12.1. The second-order valence-corrected chi connectivity index (χ2v) is 5.99. The molecule has 0 aromatic carbocycles. The third kappa shape index (κ3) is 7.59. The van der Waals surface area contributed by atoms with Crippen LogP contribution in [0, 0.1) is 5.92 Å². The normalized spacial score (nSPS) is 18.9. The molecule has 0 aromatic heterocycles. The maximum absolute atomic E-state index is 3.46. The highest BCUT2D eigenvalue weighted by Gasteiger charge is 2.12. The van der Waals surface area contributed by atoms with Crippen LogP contribution in [0.4, 0.5) is 0 Å². The van der Waals surface area contributed by atoms with E-state index in [1.807, 2.05) is 0 Å². The average Bonchev–Trinajstić information content (AvgIpc) is 2.33. The molecule has 0 aliphatic heterocycles. The molecule has 1 saturated carbocycles. The highest BCUT2D eigenvalue weighted by molar-refractivity contribution is 4.98. The van der Waals surface area contributed by atoms with E-state index < -0.39 is 0 Å². The van der Waals surface area contributed by atoms with E-state index in [4.69, 9.17) is 0 Å². The molecular formula is C16H31N. The fourth-order valence-corrected chi connectivity index (χ4v) is 2.70. The first-order valence-corrected chi connectivity index (χ1v) is 7.57. The van der Waals surface area contributed by atoms with Gasteiger partial charge in [0.05, 0.1) is 0 Å². The van der Waals surface area contributed by atoms with Gasteiger partial charge >= 0.3 is 0 Å². The van der Waals surface area contributed by atoms with Crippen LogP contribution in [0.15, 0.2) is 11.6 Å². The highest BCUT2D eigenvalue weighted by Crippen LogP contribution is 2.28. The van der Waals surface area contributed by atoms with Crippen LogP contribution in [0.1, 0.15) is 72.1 Å². The molecular weight excluding hydrogens is 206 g/mol. The van der Waals surface area contributed by atoms with Crippen molar-refractivity contribution in [3.8, 4) is 0 Å². The van der Waals surface area contributed by atoms with Gasteiger partial charge in [-0.2, -0.15) is 0 Å². The van der Waals surface area contributed by atoms with E-state index in [0.717, 1.165) is 12.5 Å². The predicted octanol–water partition coefficient (Wildman–Crippen LogP) is 4.68. The maximum Gasteiger partial charge on any atom is 0.00105 e. The smallest absolute Gasteiger partial charge is 0.00105 e. The molecule has 100 valence electrons.